The number of hydrogen-bond donors (Lipinski definition) is 2. The molecule has 1 aliphatic heterocycles. The van der Waals surface area contributed by atoms with E-state index in [1.54, 1.807) is 30.5 Å². The normalized spacial score (nSPS) is 15.4. The van der Waals surface area contributed by atoms with Crippen LogP contribution < -0.4 is 11.1 Å². The Morgan fingerprint density at radius 2 is 1.89 bits per heavy atom. The topological polar surface area (TPSA) is 128 Å². The van der Waals surface area contributed by atoms with Crippen LogP contribution in [-0.2, 0) is 14.8 Å². The van der Waals surface area contributed by atoms with E-state index < -0.39 is 10.0 Å². The van der Waals surface area contributed by atoms with E-state index in [0.29, 0.717) is 43.4 Å². The lowest BCUT2D eigenvalue weighted by atomic mass is 10.1. The van der Waals surface area contributed by atoms with Crippen molar-refractivity contribution < 1.29 is 17.9 Å². The molecular formula is C17H21N5O4S. The summed E-state index contributed by atoms with van der Waals surface area (Å²) in [5.41, 5.74) is 7.44. The molecule has 0 saturated carbocycles. The zero-order chi connectivity index (χ0) is 19.3. The smallest absolute Gasteiger partial charge is 0.251 e. The van der Waals surface area contributed by atoms with Gasteiger partial charge in [-0.2, -0.15) is 4.31 Å². The lowest BCUT2D eigenvalue weighted by molar-refractivity contribution is 0.0730. The molecule has 0 spiro atoms. The number of anilines is 1. The minimum Gasteiger partial charge on any atom is -0.382 e. The number of carbonyl (C=O) groups is 1. The van der Waals surface area contributed by atoms with Crippen LogP contribution >= 0.6 is 0 Å². The van der Waals surface area contributed by atoms with Gasteiger partial charge in [-0.15, -0.1) is 0 Å². The number of aromatic nitrogens is 2. The Kier molecular flexibility index (Phi) is 5.99. The molecule has 0 radical (unpaired) electrons. The molecule has 3 N–H and O–H groups in total. The van der Waals surface area contributed by atoms with Crippen molar-refractivity contribution in [2.24, 2.45) is 0 Å². The number of morpholine rings is 1. The van der Waals surface area contributed by atoms with E-state index in [1.807, 2.05) is 0 Å². The number of sulfonamides is 1. The Labute approximate surface area is 157 Å². The van der Waals surface area contributed by atoms with Gasteiger partial charge in [-0.1, -0.05) is 12.1 Å². The van der Waals surface area contributed by atoms with Gasteiger partial charge in [0, 0.05) is 30.8 Å². The van der Waals surface area contributed by atoms with Gasteiger partial charge in [-0.05, 0) is 12.1 Å². The van der Waals surface area contributed by atoms with Crippen LogP contribution in [0.2, 0.25) is 0 Å². The Balaban J connectivity index is 1.55. The van der Waals surface area contributed by atoms with Gasteiger partial charge in [-0.3, -0.25) is 9.78 Å². The number of rotatable bonds is 6. The Morgan fingerprint density at radius 1 is 1.19 bits per heavy atom. The molecule has 0 atom stereocenters. The second-order valence-corrected chi connectivity index (χ2v) is 8.08. The van der Waals surface area contributed by atoms with E-state index in [4.69, 9.17) is 10.5 Å². The first-order valence-corrected chi connectivity index (χ1v) is 10.1. The van der Waals surface area contributed by atoms with E-state index in [9.17, 15) is 13.2 Å². The Bertz CT molecular complexity index is 896. The molecule has 3 rings (SSSR count). The van der Waals surface area contributed by atoms with Gasteiger partial charge in [0.15, 0.2) is 0 Å². The molecule has 1 fully saturated rings. The third kappa shape index (κ3) is 5.00. The fourth-order valence-corrected chi connectivity index (χ4v) is 3.99. The molecule has 144 valence electrons. The molecular weight excluding hydrogens is 370 g/mol. The maximum atomic E-state index is 12.2. The molecule has 1 saturated heterocycles. The fourth-order valence-electron chi connectivity index (χ4n) is 2.66. The van der Waals surface area contributed by atoms with Gasteiger partial charge in [-0.25, -0.2) is 13.4 Å². The highest BCUT2D eigenvalue weighted by atomic mass is 32.2. The monoisotopic (exact) mass is 391 g/mol. The number of nitrogen functional groups attached to an aromatic ring is 1. The standard InChI is InChI=1S/C17H21N5O4S/c18-16-12-19-11-15(21-16)13-1-3-14(4-2-13)17(23)20-5-10-27(24,25)22-6-8-26-9-7-22/h1-4,11-12H,5-10H2,(H2,18,21)(H,20,23). The van der Waals surface area contributed by atoms with Crippen molar-refractivity contribution in [1.29, 1.82) is 0 Å². The molecule has 27 heavy (non-hydrogen) atoms. The summed E-state index contributed by atoms with van der Waals surface area (Å²) in [6.45, 7) is 1.54. The summed E-state index contributed by atoms with van der Waals surface area (Å²) in [5, 5.41) is 2.64. The largest absolute Gasteiger partial charge is 0.382 e. The third-order valence-electron chi connectivity index (χ3n) is 4.11. The highest BCUT2D eigenvalue weighted by molar-refractivity contribution is 7.89. The highest BCUT2D eigenvalue weighted by Gasteiger charge is 2.24. The van der Waals surface area contributed by atoms with Crippen molar-refractivity contribution in [2.75, 3.05) is 44.3 Å². The first-order chi connectivity index (χ1) is 13.0. The number of nitrogens with zero attached hydrogens (tertiary/aromatic N) is 3. The van der Waals surface area contributed by atoms with Crippen LogP contribution in [0, 0.1) is 0 Å². The Morgan fingerprint density at radius 3 is 2.56 bits per heavy atom. The van der Waals surface area contributed by atoms with Crippen molar-refractivity contribution in [1.82, 2.24) is 19.6 Å². The van der Waals surface area contributed by atoms with Gasteiger partial charge in [0.25, 0.3) is 5.91 Å². The van der Waals surface area contributed by atoms with E-state index in [-0.39, 0.29) is 18.2 Å². The van der Waals surface area contributed by atoms with Crippen LogP contribution in [0.3, 0.4) is 0 Å². The van der Waals surface area contributed by atoms with Crippen LogP contribution in [0.4, 0.5) is 5.82 Å². The van der Waals surface area contributed by atoms with Gasteiger partial charge >= 0.3 is 0 Å². The number of carbonyl (C=O) groups excluding carboxylic acids is 1. The quantitative estimate of drug-likeness (QED) is 0.716. The second-order valence-electron chi connectivity index (χ2n) is 5.99. The molecule has 1 amide bonds. The maximum absolute atomic E-state index is 12.2. The lowest BCUT2D eigenvalue weighted by Gasteiger charge is -2.26. The second kappa shape index (κ2) is 8.42. The lowest BCUT2D eigenvalue weighted by Crippen LogP contribution is -2.43. The summed E-state index contributed by atoms with van der Waals surface area (Å²) in [6, 6.07) is 6.77. The van der Waals surface area contributed by atoms with Crippen LogP contribution in [0.5, 0.6) is 0 Å². The molecule has 10 heteroatoms. The summed E-state index contributed by atoms with van der Waals surface area (Å²) in [4.78, 5) is 20.4. The molecule has 1 aromatic carbocycles. The van der Waals surface area contributed by atoms with E-state index in [1.165, 1.54) is 10.5 Å². The minimum absolute atomic E-state index is 0.0426. The van der Waals surface area contributed by atoms with Gasteiger partial charge in [0.2, 0.25) is 10.0 Å². The van der Waals surface area contributed by atoms with Crippen molar-refractivity contribution in [3.63, 3.8) is 0 Å². The van der Waals surface area contributed by atoms with Crippen LogP contribution in [0.15, 0.2) is 36.7 Å². The van der Waals surface area contributed by atoms with Crippen LogP contribution in [-0.4, -0.2) is 67.2 Å². The van der Waals surface area contributed by atoms with E-state index in [0.717, 1.165) is 5.56 Å². The molecule has 0 aliphatic carbocycles. The number of nitrogens with one attached hydrogen (secondary N) is 1. The molecule has 0 bridgehead atoms. The average Bonchev–Trinajstić information content (AvgIpc) is 2.68. The summed E-state index contributed by atoms with van der Waals surface area (Å²) >= 11 is 0. The van der Waals surface area contributed by atoms with E-state index in [2.05, 4.69) is 15.3 Å². The number of benzene rings is 1. The predicted molar refractivity (Wildman–Crippen MR) is 100 cm³/mol. The molecule has 1 aromatic heterocycles. The summed E-state index contributed by atoms with van der Waals surface area (Å²) < 4.78 is 31.0. The SMILES string of the molecule is Nc1cncc(-c2ccc(C(=O)NCCS(=O)(=O)N3CCOCC3)cc2)n1. The molecule has 0 unspecified atom stereocenters. The number of amides is 1. The average molecular weight is 391 g/mol. The zero-order valence-electron chi connectivity index (χ0n) is 14.7. The summed E-state index contributed by atoms with van der Waals surface area (Å²) in [6.07, 6.45) is 3.04. The summed E-state index contributed by atoms with van der Waals surface area (Å²) in [7, 11) is -3.40. The highest BCUT2D eigenvalue weighted by Crippen LogP contribution is 2.17. The zero-order valence-corrected chi connectivity index (χ0v) is 15.5. The van der Waals surface area contributed by atoms with Crippen molar-refractivity contribution >= 4 is 21.7 Å². The van der Waals surface area contributed by atoms with Crippen LogP contribution in [0.1, 0.15) is 10.4 Å². The van der Waals surface area contributed by atoms with Crippen molar-refractivity contribution in [3.05, 3.63) is 42.2 Å². The molecule has 9 nitrogen and oxygen atoms in total. The van der Waals surface area contributed by atoms with Gasteiger partial charge in [0.05, 0.1) is 37.1 Å². The number of hydrogen-bond acceptors (Lipinski definition) is 7. The first-order valence-electron chi connectivity index (χ1n) is 8.47. The fraction of sp³-hybridized carbons (Fsp3) is 0.353. The predicted octanol–water partition coefficient (Wildman–Crippen LogP) is 0.118. The molecule has 2 heterocycles. The van der Waals surface area contributed by atoms with Gasteiger partial charge < -0.3 is 15.8 Å². The number of ether oxygens (including phenoxy) is 1. The Hall–Kier alpha value is -2.56. The number of nitrogens with two attached hydrogens (primary N) is 1. The van der Waals surface area contributed by atoms with Crippen molar-refractivity contribution in [2.45, 2.75) is 0 Å². The molecule has 2 aromatic rings. The van der Waals surface area contributed by atoms with Crippen molar-refractivity contribution in [3.8, 4) is 11.3 Å². The van der Waals surface area contributed by atoms with E-state index >= 15 is 0 Å². The maximum Gasteiger partial charge on any atom is 0.251 e. The minimum atomic E-state index is -3.40. The third-order valence-corrected chi connectivity index (χ3v) is 5.98. The molecule has 1 aliphatic rings. The van der Waals surface area contributed by atoms with Gasteiger partial charge in [0.1, 0.15) is 5.82 Å². The summed E-state index contributed by atoms with van der Waals surface area (Å²) in [5.74, 6) is -0.163. The first kappa shape index (κ1) is 19.2. The van der Waals surface area contributed by atoms with Crippen LogP contribution in [0.25, 0.3) is 11.3 Å².